The van der Waals surface area contributed by atoms with Gasteiger partial charge in [-0.05, 0) is 38.9 Å². The summed E-state index contributed by atoms with van der Waals surface area (Å²) in [5.74, 6) is -1.06. The molecule has 1 saturated heterocycles. The smallest absolute Gasteiger partial charge is 0.303 e. The molecule has 0 aromatic rings. The number of nitrogens with zero attached hydrogens (tertiary/aromatic N) is 1. The van der Waals surface area contributed by atoms with Gasteiger partial charge in [0.1, 0.15) is 0 Å². The highest BCUT2D eigenvalue weighted by molar-refractivity contribution is 4.76. The van der Waals surface area contributed by atoms with Crippen molar-refractivity contribution in [2.75, 3.05) is 19.6 Å². The minimum absolute atomic E-state index is 0.290. The van der Waals surface area contributed by atoms with Gasteiger partial charge in [-0.2, -0.15) is 13.2 Å². The van der Waals surface area contributed by atoms with E-state index in [1.165, 1.54) is 25.7 Å². The Morgan fingerprint density at radius 2 is 1.59 bits per heavy atom. The number of likely N-dealkylation sites (tertiary alicyclic amines) is 1. The van der Waals surface area contributed by atoms with E-state index < -0.39 is 12.1 Å². The SMILES string of the molecule is CCCCCCCN1CCC(C(F)(F)F)CC1. The van der Waals surface area contributed by atoms with Crippen LogP contribution in [0.15, 0.2) is 0 Å². The Kier molecular flexibility index (Phi) is 6.31. The van der Waals surface area contributed by atoms with E-state index in [2.05, 4.69) is 11.8 Å². The average Bonchev–Trinajstić information content (AvgIpc) is 2.28. The molecule has 1 nitrogen and oxygen atoms in total. The van der Waals surface area contributed by atoms with Crippen molar-refractivity contribution in [1.29, 1.82) is 0 Å². The number of halogens is 3. The van der Waals surface area contributed by atoms with E-state index in [0.717, 1.165) is 13.0 Å². The molecule has 1 fully saturated rings. The summed E-state index contributed by atoms with van der Waals surface area (Å²) >= 11 is 0. The van der Waals surface area contributed by atoms with E-state index >= 15 is 0 Å². The second kappa shape index (κ2) is 7.24. The van der Waals surface area contributed by atoms with Crippen LogP contribution in [0.2, 0.25) is 0 Å². The lowest BCUT2D eigenvalue weighted by molar-refractivity contribution is -0.185. The molecule has 0 radical (unpaired) electrons. The molecule has 0 N–H and O–H groups in total. The molecule has 4 heteroatoms. The molecule has 0 aliphatic carbocycles. The van der Waals surface area contributed by atoms with Crippen LogP contribution in [-0.2, 0) is 0 Å². The maximum atomic E-state index is 12.4. The van der Waals surface area contributed by atoms with E-state index in [1.807, 2.05) is 0 Å². The summed E-state index contributed by atoms with van der Waals surface area (Å²) in [5, 5.41) is 0. The van der Waals surface area contributed by atoms with Gasteiger partial charge in [0.2, 0.25) is 0 Å². The van der Waals surface area contributed by atoms with Gasteiger partial charge in [-0.25, -0.2) is 0 Å². The largest absolute Gasteiger partial charge is 0.391 e. The van der Waals surface area contributed by atoms with Crippen molar-refractivity contribution < 1.29 is 13.2 Å². The standard InChI is InChI=1S/C13H24F3N/c1-2-3-4-5-6-9-17-10-7-12(8-11-17)13(14,15)16/h12H,2-11H2,1H3. The van der Waals surface area contributed by atoms with Gasteiger partial charge in [-0.3, -0.25) is 0 Å². The highest BCUT2D eigenvalue weighted by Crippen LogP contribution is 2.34. The van der Waals surface area contributed by atoms with Gasteiger partial charge in [-0.1, -0.05) is 32.6 Å². The summed E-state index contributed by atoms with van der Waals surface area (Å²) in [6, 6.07) is 0. The second-order valence-electron chi connectivity index (χ2n) is 5.07. The summed E-state index contributed by atoms with van der Waals surface area (Å²) in [6.45, 7) is 4.41. The summed E-state index contributed by atoms with van der Waals surface area (Å²) in [5.41, 5.74) is 0. The van der Waals surface area contributed by atoms with Gasteiger partial charge in [-0.15, -0.1) is 0 Å². The minimum atomic E-state index is -3.98. The Balaban J connectivity index is 2.07. The lowest BCUT2D eigenvalue weighted by atomic mass is 9.96. The predicted molar refractivity (Wildman–Crippen MR) is 64.0 cm³/mol. The molecular formula is C13H24F3N. The van der Waals surface area contributed by atoms with Crippen molar-refractivity contribution in [3.63, 3.8) is 0 Å². The first-order valence-corrected chi connectivity index (χ1v) is 6.83. The molecule has 0 atom stereocenters. The summed E-state index contributed by atoms with van der Waals surface area (Å²) in [6.07, 6.45) is 2.72. The van der Waals surface area contributed by atoms with Crippen molar-refractivity contribution in [3.8, 4) is 0 Å². The van der Waals surface area contributed by atoms with E-state index in [1.54, 1.807) is 0 Å². The maximum Gasteiger partial charge on any atom is 0.391 e. The number of piperidine rings is 1. The zero-order chi connectivity index (χ0) is 12.7. The molecule has 0 aromatic heterocycles. The second-order valence-corrected chi connectivity index (χ2v) is 5.07. The number of alkyl halides is 3. The van der Waals surface area contributed by atoms with Gasteiger partial charge < -0.3 is 4.90 Å². The Bertz CT molecular complexity index is 195. The molecule has 0 unspecified atom stereocenters. The molecule has 0 bridgehead atoms. The van der Waals surface area contributed by atoms with Crippen LogP contribution in [0.1, 0.15) is 51.9 Å². The third-order valence-corrected chi connectivity index (χ3v) is 3.63. The van der Waals surface area contributed by atoms with Crippen LogP contribution in [0.5, 0.6) is 0 Å². The average molecular weight is 251 g/mol. The van der Waals surface area contributed by atoms with Crippen molar-refractivity contribution in [3.05, 3.63) is 0 Å². The van der Waals surface area contributed by atoms with Crippen LogP contribution in [0.4, 0.5) is 13.2 Å². The number of hydrogen-bond acceptors (Lipinski definition) is 1. The van der Waals surface area contributed by atoms with Crippen molar-refractivity contribution >= 4 is 0 Å². The highest BCUT2D eigenvalue weighted by atomic mass is 19.4. The van der Waals surface area contributed by atoms with Crippen LogP contribution in [0.3, 0.4) is 0 Å². The predicted octanol–water partition coefficient (Wildman–Crippen LogP) is 4.23. The molecular weight excluding hydrogens is 227 g/mol. The third kappa shape index (κ3) is 5.75. The Morgan fingerprint density at radius 3 is 2.12 bits per heavy atom. The number of hydrogen-bond donors (Lipinski definition) is 0. The molecule has 0 spiro atoms. The van der Waals surface area contributed by atoms with Crippen molar-refractivity contribution in [2.45, 2.75) is 58.0 Å². The highest BCUT2D eigenvalue weighted by Gasteiger charge is 2.40. The number of rotatable bonds is 6. The fourth-order valence-electron chi connectivity index (χ4n) is 2.42. The molecule has 0 aromatic carbocycles. The molecule has 102 valence electrons. The lowest BCUT2D eigenvalue weighted by Gasteiger charge is -2.32. The van der Waals surface area contributed by atoms with Crippen LogP contribution < -0.4 is 0 Å². The van der Waals surface area contributed by atoms with Gasteiger partial charge in [0.15, 0.2) is 0 Å². The molecule has 0 amide bonds. The van der Waals surface area contributed by atoms with Gasteiger partial charge in [0.05, 0.1) is 5.92 Å². The topological polar surface area (TPSA) is 3.24 Å². The van der Waals surface area contributed by atoms with Crippen LogP contribution >= 0.6 is 0 Å². The lowest BCUT2D eigenvalue weighted by Crippen LogP contribution is -2.39. The summed E-state index contributed by atoms with van der Waals surface area (Å²) < 4.78 is 37.3. The molecule has 0 saturated carbocycles. The fraction of sp³-hybridized carbons (Fsp3) is 1.00. The zero-order valence-corrected chi connectivity index (χ0v) is 10.7. The van der Waals surface area contributed by atoms with E-state index in [0.29, 0.717) is 25.9 Å². The zero-order valence-electron chi connectivity index (χ0n) is 10.7. The summed E-state index contributed by atoms with van der Waals surface area (Å²) in [4.78, 5) is 2.19. The van der Waals surface area contributed by atoms with Gasteiger partial charge >= 0.3 is 6.18 Å². The van der Waals surface area contributed by atoms with Crippen LogP contribution in [-0.4, -0.2) is 30.7 Å². The van der Waals surface area contributed by atoms with Crippen LogP contribution in [0, 0.1) is 5.92 Å². The first-order chi connectivity index (χ1) is 8.04. The quantitative estimate of drug-likeness (QED) is 0.638. The first-order valence-electron chi connectivity index (χ1n) is 6.83. The Labute approximate surface area is 102 Å². The van der Waals surface area contributed by atoms with Crippen LogP contribution in [0.25, 0.3) is 0 Å². The van der Waals surface area contributed by atoms with E-state index in [-0.39, 0.29) is 0 Å². The molecule has 1 aliphatic rings. The Hall–Kier alpha value is -0.250. The molecule has 17 heavy (non-hydrogen) atoms. The van der Waals surface area contributed by atoms with E-state index in [4.69, 9.17) is 0 Å². The Morgan fingerprint density at radius 1 is 1.00 bits per heavy atom. The molecule has 1 aliphatic heterocycles. The normalized spacial score (nSPS) is 19.8. The van der Waals surface area contributed by atoms with Crippen molar-refractivity contribution in [2.24, 2.45) is 5.92 Å². The van der Waals surface area contributed by atoms with Gasteiger partial charge in [0, 0.05) is 0 Å². The fourth-order valence-corrected chi connectivity index (χ4v) is 2.42. The summed E-state index contributed by atoms with van der Waals surface area (Å²) in [7, 11) is 0. The molecule has 1 rings (SSSR count). The van der Waals surface area contributed by atoms with E-state index in [9.17, 15) is 13.2 Å². The van der Waals surface area contributed by atoms with Crippen molar-refractivity contribution in [1.82, 2.24) is 4.90 Å². The number of unbranched alkanes of at least 4 members (excludes halogenated alkanes) is 4. The molecule has 1 heterocycles. The maximum absolute atomic E-state index is 12.4. The third-order valence-electron chi connectivity index (χ3n) is 3.63. The van der Waals surface area contributed by atoms with Gasteiger partial charge in [0.25, 0.3) is 0 Å². The first kappa shape index (κ1) is 14.8. The monoisotopic (exact) mass is 251 g/mol. The minimum Gasteiger partial charge on any atom is -0.303 e.